The van der Waals surface area contributed by atoms with Crippen molar-refractivity contribution in [3.63, 3.8) is 0 Å². The van der Waals surface area contributed by atoms with Gasteiger partial charge in [-0.1, -0.05) is 30.3 Å². The number of hydrogen-bond acceptors (Lipinski definition) is 4. The Morgan fingerprint density at radius 2 is 1.93 bits per heavy atom. The number of aryl methyl sites for hydroxylation is 1. The van der Waals surface area contributed by atoms with Crippen molar-refractivity contribution in [2.45, 2.75) is 39.0 Å². The van der Waals surface area contributed by atoms with Crippen LogP contribution in [-0.4, -0.2) is 41.0 Å². The van der Waals surface area contributed by atoms with Gasteiger partial charge in [-0.15, -0.1) is 0 Å². The van der Waals surface area contributed by atoms with E-state index in [0.29, 0.717) is 19.0 Å². The molecule has 0 bridgehead atoms. The predicted molar refractivity (Wildman–Crippen MR) is 110 cm³/mol. The van der Waals surface area contributed by atoms with Gasteiger partial charge in [-0.25, -0.2) is 4.79 Å². The van der Waals surface area contributed by atoms with E-state index in [9.17, 15) is 4.79 Å². The number of nitrogens with one attached hydrogen (secondary N) is 3. The van der Waals surface area contributed by atoms with Gasteiger partial charge < -0.3 is 20.7 Å². The Hall–Kier alpha value is -3.03. The second-order valence-corrected chi connectivity index (χ2v) is 7.36. The second kappa shape index (κ2) is 9.77. The topological polar surface area (TPSA) is 92.6 Å². The van der Waals surface area contributed by atoms with E-state index in [4.69, 9.17) is 4.74 Å². The van der Waals surface area contributed by atoms with Gasteiger partial charge in [0.05, 0.1) is 18.3 Å². The summed E-state index contributed by atoms with van der Waals surface area (Å²) in [5.74, 6) is 0.633. The molecule has 2 aromatic rings. The van der Waals surface area contributed by atoms with E-state index < -0.39 is 11.7 Å². The largest absolute Gasteiger partial charge is 0.444 e. The summed E-state index contributed by atoms with van der Waals surface area (Å²) in [7, 11) is 3.60. The SMILES string of the molecule is CN=C(NCc1ccnn1C)NCC(NC(=O)OC(C)(C)C)c1ccccc1. The number of amides is 1. The summed E-state index contributed by atoms with van der Waals surface area (Å²) in [5, 5.41) is 13.6. The Labute approximate surface area is 166 Å². The minimum Gasteiger partial charge on any atom is -0.444 e. The lowest BCUT2D eigenvalue weighted by Crippen LogP contribution is -2.44. The summed E-state index contributed by atoms with van der Waals surface area (Å²) in [6.07, 6.45) is 1.30. The number of ether oxygens (including phenoxy) is 1. The van der Waals surface area contributed by atoms with Gasteiger partial charge in [0, 0.05) is 26.8 Å². The molecule has 0 aliphatic rings. The zero-order chi connectivity index (χ0) is 20.6. The maximum atomic E-state index is 12.3. The molecule has 0 saturated heterocycles. The number of guanidine groups is 1. The molecule has 8 heteroatoms. The van der Waals surface area contributed by atoms with Gasteiger partial charge in [-0.3, -0.25) is 9.67 Å². The monoisotopic (exact) mass is 386 g/mol. The van der Waals surface area contributed by atoms with Crippen molar-refractivity contribution >= 4 is 12.1 Å². The molecule has 0 fully saturated rings. The molecule has 1 aromatic carbocycles. The third-order valence-electron chi connectivity index (χ3n) is 3.95. The fraction of sp³-hybridized carbons (Fsp3) is 0.450. The lowest BCUT2D eigenvalue weighted by Gasteiger charge is -2.24. The number of nitrogens with zero attached hydrogens (tertiary/aromatic N) is 3. The molecule has 152 valence electrons. The highest BCUT2D eigenvalue weighted by atomic mass is 16.6. The Morgan fingerprint density at radius 1 is 1.21 bits per heavy atom. The highest BCUT2D eigenvalue weighted by Gasteiger charge is 2.20. The average Bonchev–Trinajstić information content (AvgIpc) is 3.05. The summed E-state index contributed by atoms with van der Waals surface area (Å²) < 4.78 is 7.20. The van der Waals surface area contributed by atoms with Gasteiger partial charge in [0.15, 0.2) is 5.96 Å². The van der Waals surface area contributed by atoms with Crippen molar-refractivity contribution in [2.75, 3.05) is 13.6 Å². The third-order valence-corrected chi connectivity index (χ3v) is 3.95. The van der Waals surface area contributed by atoms with Crippen LogP contribution in [0.3, 0.4) is 0 Å². The maximum Gasteiger partial charge on any atom is 0.408 e. The zero-order valence-electron chi connectivity index (χ0n) is 17.2. The molecule has 0 aliphatic carbocycles. The number of carbonyl (C=O) groups excluding carboxylic acids is 1. The van der Waals surface area contributed by atoms with Crippen LogP contribution in [0.1, 0.15) is 38.1 Å². The number of alkyl carbamates (subject to hydrolysis) is 1. The highest BCUT2D eigenvalue weighted by molar-refractivity contribution is 5.79. The van der Waals surface area contributed by atoms with E-state index in [1.54, 1.807) is 17.9 Å². The van der Waals surface area contributed by atoms with Crippen LogP contribution in [0.5, 0.6) is 0 Å². The molecule has 1 unspecified atom stereocenters. The Morgan fingerprint density at radius 3 is 2.50 bits per heavy atom. The summed E-state index contributed by atoms with van der Waals surface area (Å²) in [6.45, 7) is 6.56. The standard InChI is InChI=1S/C20H30N6O2/c1-20(2,3)28-19(27)25-17(15-9-7-6-8-10-15)14-23-18(21-4)22-13-16-11-12-24-26(16)5/h6-12,17H,13-14H2,1-5H3,(H,25,27)(H2,21,22,23). The highest BCUT2D eigenvalue weighted by Crippen LogP contribution is 2.14. The lowest BCUT2D eigenvalue weighted by molar-refractivity contribution is 0.0504. The van der Waals surface area contributed by atoms with Gasteiger partial charge in [-0.2, -0.15) is 5.10 Å². The molecule has 8 nitrogen and oxygen atoms in total. The Kier molecular flexibility index (Phi) is 7.43. The van der Waals surface area contributed by atoms with Crippen molar-refractivity contribution in [3.8, 4) is 0 Å². The molecule has 1 amide bonds. The number of rotatable bonds is 6. The van der Waals surface area contributed by atoms with Gasteiger partial charge in [0.25, 0.3) is 0 Å². The summed E-state index contributed by atoms with van der Waals surface area (Å²) in [4.78, 5) is 16.5. The minimum atomic E-state index is -0.556. The molecule has 28 heavy (non-hydrogen) atoms. The van der Waals surface area contributed by atoms with Crippen molar-refractivity contribution in [1.29, 1.82) is 0 Å². The fourth-order valence-electron chi connectivity index (χ4n) is 2.56. The van der Waals surface area contributed by atoms with Crippen LogP contribution >= 0.6 is 0 Å². The third kappa shape index (κ3) is 6.94. The molecular formula is C20H30N6O2. The molecular weight excluding hydrogens is 356 g/mol. The second-order valence-electron chi connectivity index (χ2n) is 7.36. The van der Waals surface area contributed by atoms with E-state index >= 15 is 0 Å². The summed E-state index contributed by atoms with van der Waals surface area (Å²) in [6, 6.07) is 11.4. The molecule has 1 atom stereocenters. The first-order valence-electron chi connectivity index (χ1n) is 9.24. The van der Waals surface area contributed by atoms with Crippen molar-refractivity contribution in [1.82, 2.24) is 25.7 Å². The molecule has 0 saturated carbocycles. The first-order valence-corrected chi connectivity index (χ1v) is 9.24. The van der Waals surface area contributed by atoms with Crippen LogP contribution in [0.4, 0.5) is 4.79 Å². The number of aromatic nitrogens is 2. The van der Waals surface area contributed by atoms with Crippen LogP contribution < -0.4 is 16.0 Å². The fourth-order valence-corrected chi connectivity index (χ4v) is 2.56. The average molecular weight is 387 g/mol. The smallest absolute Gasteiger partial charge is 0.408 e. The van der Waals surface area contributed by atoms with Crippen LogP contribution in [0.15, 0.2) is 47.6 Å². The van der Waals surface area contributed by atoms with E-state index in [1.807, 2.05) is 64.2 Å². The zero-order valence-corrected chi connectivity index (χ0v) is 17.2. The number of hydrogen-bond donors (Lipinski definition) is 3. The van der Waals surface area contributed by atoms with Crippen molar-refractivity contribution in [3.05, 3.63) is 53.9 Å². The summed E-state index contributed by atoms with van der Waals surface area (Å²) >= 11 is 0. The molecule has 0 aliphatic heterocycles. The van der Waals surface area contributed by atoms with E-state index in [0.717, 1.165) is 11.3 Å². The number of carbonyl (C=O) groups is 1. The number of benzene rings is 1. The minimum absolute atomic E-state index is 0.272. The van der Waals surface area contributed by atoms with E-state index in [1.165, 1.54) is 0 Å². The van der Waals surface area contributed by atoms with Crippen LogP contribution in [0.2, 0.25) is 0 Å². The maximum absolute atomic E-state index is 12.3. The molecule has 2 rings (SSSR count). The Balaban J connectivity index is 1.98. The molecule has 1 heterocycles. The van der Waals surface area contributed by atoms with Crippen molar-refractivity contribution < 1.29 is 9.53 Å². The van der Waals surface area contributed by atoms with Crippen LogP contribution in [-0.2, 0) is 18.3 Å². The van der Waals surface area contributed by atoms with E-state index in [2.05, 4.69) is 26.0 Å². The molecule has 0 spiro atoms. The molecule has 1 aromatic heterocycles. The van der Waals surface area contributed by atoms with Gasteiger partial charge in [-0.05, 0) is 32.4 Å². The first-order chi connectivity index (χ1) is 13.3. The van der Waals surface area contributed by atoms with Crippen molar-refractivity contribution in [2.24, 2.45) is 12.0 Å². The van der Waals surface area contributed by atoms with Crippen LogP contribution in [0.25, 0.3) is 0 Å². The van der Waals surface area contributed by atoms with Gasteiger partial charge >= 0.3 is 6.09 Å². The quantitative estimate of drug-likeness (QED) is 0.523. The van der Waals surface area contributed by atoms with Gasteiger partial charge in [0.2, 0.25) is 0 Å². The van der Waals surface area contributed by atoms with E-state index in [-0.39, 0.29) is 6.04 Å². The van der Waals surface area contributed by atoms with Crippen LogP contribution in [0, 0.1) is 0 Å². The molecule has 3 N–H and O–H groups in total. The predicted octanol–water partition coefficient (Wildman–Crippen LogP) is 2.35. The summed E-state index contributed by atoms with van der Waals surface area (Å²) in [5.41, 5.74) is 1.46. The Bertz CT molecular complexity index is 779. The number of aliphatic imine (C=N–C) groups is 1. The van der Waals surface area contributed by atoms with Gasteiger partial charge in [0.1, 0.15) is 5.60 Å². The normalized spacial score (nSPS) is 13.0. The lowest BCUT2D eigenvalue weighted by atomic mass is 10.1. The molecule has 0 radical (unpaired) electrons. The first kappa shape index (κ1) is 21.3.